The molecule has 0 amide bonds. The number of rotatable bonds is 25. The smallest absolute Gasteiger partial charge is 0.187 e. The molecule has 0 spiro atoms. The van der Waals surface area contributed by atoms with Crippen LogP contribution < -0.4 is 5.32 Å². The van der Waals surface area contributed by atoms with Gasteiger partial charge in [0.15, 0.2) is 23.4 Å². The van der Waals surface area contributed by atoms with Gasteiger partial charge in [0.25, 0.3) is 0 Å². The number of aldehydes is 1. The van der Waals surface area contributed by atoms with E-state index in [-0.39, 0.29) is 0 Å². The minimum atomic E-state index is 0.391. The van der Waals surface area contributed by atoms with Gasteiger partial charge < -0.3 is 24.0 Å². The van der Waals surface area contributed by atoms with E-state index in [1.807, 2.05) is 49.4 Å². The van der Waals surface area contributed by atoms with Gasteiger partial charge >= 0.3 is 0 Å². The fourth-order valence-electron chi connectivity index (χ4n) is 6.57. The van der Waals surface area contributed by atoms with E-state index in [1.165, 1.54) is 102 Å². The Hall–Kier alpha value is -4.51. The Labute approximate surface area is 345 Å². The molecule has 2 aromatic heterocycles. The Morgan fingerprint density at radius 3 is 1.46 bits per heavy atom. The maximum atomic E-state index is 9.93. The summed E-state index contributed by atoms with van der Waals surface area (Å²) in [5.41, 5.74) is 3.91. The Balaban J connectivity index is 0.000000338. The van der Waals surface area contributed by atoms with Crippen molar-refractivity contribution in [2.24, 2.45) is 0 Å². The van der Waals surface area contributed by atoms with Crippen LogP contribution in [0, 0.1) is 27.0 Å². The first kappa shape index (κ1) is 48.6. The van der Waals surface area contributed by atoms with E-state index in [1.54, 1.807) is 19.1 Å². The molecule has 0 unspecified atom stereocenters. The third-order valence-corrected chi connectivity index (χ3v) is 9.35. The molecule has 2 heterocycles. The van der Waals surface area contributed by atoms with E-state index < -0.39 is 0 Å². The molecule has 9 heteroatoms. The van der Waals surface area contributed by atoms with Crippen LogP contribution in [0.25, 0.3) is 9.69 Å². The van der Waals surface area contributed by atoms with E-state index in [4.69, 9.17) is 22.0 Å². The molecule has 0 radical (unpaired) electrons. The monoisotopic (exact) mass is 779 g/mol. The van der Waals surface area contributed by atoms with E-state index in [9.17, 15) is 4.79 Å². The predicted octanol–water partition coefficient (Wildman–Crippen LogP) is 11.7. The lowest BCUT2D eigenvalue weighted by atomic mass is 10.1. The van der Waals surface area contributed by atoms with Crippen molar-refractivity contribution in [3.05, 3.63) is 130 Å². The molecule has 0 saturated heterocycles. The first-order valence-electron chi connectivity index (χ1n) is 21.1. The summed E-state index contributed by atoms with van der Waals surface area (Å²) < 4.78 is 10.7. The molecule has 0 atom stereocenters. The average molecular weight is 779 g/mol. The number of nitrogens with zero attached hydrogens (tertiary/aromatic N) is 5. The first-order valence-corrected chi connectivity index (χ1v) is 21.1. The molecule has 0 aliphatic rings. The van der Waals surface area contributed by atoms with Crippen LogP contribution in [0.2, 0.25) is 0 Å². The molecule has 2 aromatic carbocycles. The Morgan fingerprint density at radius 2 is 1.04 bits per heavy atom. The SMILES string of the molecule is Cc1ccc(C=O)o1.[C-]#[N+]c1ccc(CN(CCCCN(CCC)CCC)Cc2ccc(C)o2)cc1.[C-]#[N+]c1ccc(CNCCCCN(CCC)CCC)cc1. The Bertz CT molecular complexity index is 1670. The lowest BCUT2D eigenvalue weighted by Crippen LogP contribution is -2.28. The van der Waals surface area contributed by atoms with Gasteiger partial charge in [0.1, 0.15) is 17.3 Å². The maximum Gasteiger partial charge on any atom is 0.187 e. The summed E-state index contributed by atoms with van der Waals surface area (Å²) in [6.45, 7) is 38.9. The van der Waals surface area contributed by atoms with Crippen LogP contribution in [0.15, 0.2) is 81.6 Å². The lowest BCUT2D eigenvalue weighted by molar-refractivity contribution is 0.109. The van der Waals surface area contributed by atoms with Crippen LogP contribution in [0.4, 0.5) is 11.4 Å². The number of nitrogens with one attached hydrogen (secondary N) is 1. The highest BCUT2D eigenvalue weighted by Gasteiger charge is 2.11. The number of furan rings is 2. The maximum absolute atomic E-state index is 9.93. The number of carbonyl (C=O) groups excluding carboxylic acids is 1. The average Bonchev–Trinajstić information content (AvgIpc) is 3.85. The lowest BCUT2D eigenvalue weighted by Gasteiger charge is -2.24. The van der Waals surface area contributed by atoms with E-state index in [0.717, 1.165) is 50.0 Å². The van der Waals surface area contributed by atoms with Gasteiger partial charge in [-0.25, -0.2) is 9.69 Å². The summed E-state index contributed by atoms with van der Waals surface area (Å²) in [7, 11) is 0. The van der Waals surface area contributed by atoms with Crippen molar-refractivity contribution < 1.29 is 13.6 Å². The largest absolute Gasteiger partial charge is 0.465 e. The number of benzene rings is 2. The van der Waals surface area contributed by atoms with Gasteiger partial charge in [-0.1, -0.05) is 76.2 Å². The highest BCUT2D eigenvalue weighted by molar-refractivity contribution is 5.70. The number of aryl methyl sites for hydroxylation is 2. The van der Waals surface area contributed by atoms with Gasteiger partial charge in [0, 0.05) is 13.1 Å². The number of hydrogen-bond donors (Lipinski definition) is 1. The van der Waals surface area contributed by atoms with Crippen molar-refractivity contribution in [3.8, 4) is 0 Å². The van der Waals surface area contributed by atoms with E-state index in [2.05, 4.69) is 75.6 Å². The Morgan fingerprint density at radius 1 is 0.561 bits per heavy atom. The van der Waals surface area contributed by atoms with Gasteiger partial charge in [-0.15, -0.1) is 0 Å². The third kappa shape index (κ3) is 22.1. The molecule has 4 aromatic rings. The predicted molar refractivity (Wildman–Crippen MR) is 236 cm³/mol. The van der Waals surface area contributed by atoms with Crippen LogP contribution in [0.3, 0.4) is 0 Å². The van der Waals surface area contributed by atoms with Crippen molar-refractivity contribution in [2.45, 2.75) is 113 Å². The van der Waals surface area contributed by atoms with Gasteiger partial charge in [-0.2, -0.15) is 0 Å². The molecule has 4 rings (SSSR count). The minimum absolute atomic E-state index is 0.391. The van der Waals surface area contributed by atoms with E-state index >= 15 is 0 Å². The zero-order valence-electron chi connectivity index (χ0n) is 35.9. The highest BCUT2D eigenvalue weighted by Crippen LogP contribution is 2.17. The summed E-state index contributed by atoms with van der Waals surface area (Å²) >= 11 is 0. The van der Waals surface area contributed by atoms with Crippen molar-refractivity contribution in [3.63, 3.8) is 0 Å². The second kappa shape index (κ2) is 30.6. The molecular formula is C48H70N6O3. The molecule has 1 N–H and O–H groups in total. The fraction of sp³-hybridized carbons (Fsp3) is 0.521. The zero-order chi connectivity index (χ0) is 41.5. The summed E-state index contributed by atoms with van der Waals surface area (Å²) in [6, 6.07) is 23.3. The number of unbranched alkanes of at least 4 members (excludes halogenated alkanes) is 2. The van der Waals surface area contributed by atoms with Crippen LogP contribution in [0.5, 0.6) is 0 Å². The number of hydrogen-bond acceptors (Lipinski definition) is 7. The van der Waals surface area contributed by atoms with Crippen molar-refractivity contribution >= 4 is 17.7 Å². The van der Waals surface area contributed by atoms with Crippen LogP contribution in [0.1, 0.15) is 118 Å². The standard InChI is InChI=1S/C24H35N3O.C18H29N3.C6H6O2/c1-5-15-26(16-6-2)17-7-8-18-27(20-24-14-9-21(3)28-24)19-22-10-12-23(25-4)13-11-22;1-4-13-21(14-5-2)15-7-6-12-20-16-17-8-10-18(19-3)11-9-17;1-5-2-3-6(4-7)8-5/h9-14H,5-8,15-20H2,1-3H3;8-11,20H,4-7,12-16H2,1-2H3;2-4H,1H3. The molecule has 310 valence electrons. The minimum Gasteiger partial charge on any atom is -0.465 e. The van der Waals surface area contributed by atoms with Crippen LogP contribution in [-0.2, 0) is 19.6 Å². The summed E-state index contributed by atoms with van der Waals surface area (Å²) in [6.07, 6.45) is 10.5. The van der Waals surface area contributed by atoms with Gasteiger partial charge in [-0.3, -0.25) is 9.69 Å². The summed E-state index contributed by atoms with van der Waals surface area (Å²) in [5, 5.41) is 3.48. The fourth-order valence-corrected chi connectivity index (χ4v) is 6.57. The third-order valence-electron chi connectivity index (χ3n) is 9.35. The van der Waals surface area contributed by atoms with Crippen molar-refractivity contribution in [1.29, 1.82) is 0 Å². The molecule has 0 fully saturated rings. The van der Waals surface area contributed by atoms with Gasteiger partial charge in [0.2, 0.25) is 0 Å². The molecule has 9 nitrogen and oxygen atoms in total. The molecule has 0 aliphatic carbocycles. The highest BCUT2D eigenvalue weighted by atomic mass is 16.3. The second-order valence-corrected chi connectivity index (χ2v) is 14.6. The second-order valence-electron chi connectivity index (χ2n) is 14.6. The van der Waals surface area contributed by atoms with Crippen molar-refractivity contribution in [1.82, 2.24) is 20.0 Å². The first-order chi connectivity index (χ1) is 27.8. The molecular weight excluding hydrogens is 709 g/mol. The van der Waals surface area contributed by atoms with Gasteiger partial charge in [-0.05, 0) is 153 Å². The molecule has 0 aliphatic heterocycles. The summed E-state index contributed by atoms with van der Waals surface area (Å²) in [4.78, 5) is 24.4. The molecule has 57 heavy (non-hydrogen) atoms. The Kier molecular flexibility index (Phi) is 26.1. The number of carbonyl (C=O) groups is 1. The van der Waals surface area contributed by atoms with E-state index in [0.29, 0.717) is 23.4 Å². The normalized spacial score (nSPS) is 10.8. The summed E-state index contributed by atoms with van der Waals surface area (Å²) in [5.74, 6) is 3.15. The molecule has 0 bridgehead atoms. The van der Waals surface area contributed by atoms with Crippen LogP contribution in [-0.4, -0.2) is 73.3 Å². The van der Waals surface area contributed by atoms with Crippen LogP contribution >= 0.6 is 0 Å². The quantitative estimate of drug-likeness (QED) is 0.0408. The topological polar surface area (TPSA) is 73.8 Å². The molecule has 0 saturated carbocycles. The van der Waals surface area contributed by atoms with Crippen molar-refractivity contribution in [2.75, 3.05) is 52.4 Å². The zero-order valence-corrected chi connectivity index (χ0v) is 35.9. The van der Waals surface area contributed by atoms with Gasteiger partial charge in [0.05, 0.1) is 19.7 Å².